The van der Waals surface area contributed by atoms with E-state index in [0.29, 0.717) is 49.0 Å². The molecule has 0 aliphatic carbocycles. The number of morpholine rings is 1. The van der Waals surface area contributed by atoms with Gasteiger partial charge in [-0.05, 0) is 42.3 Å². The molecule has 2 aromatic carbocycles. The number of nitrogens with one attached hydrogen (secondary N) is 1. The van der Waals surface area contributed by atoms with Crippen molar-refractivity contribution in [2.24, 2.45) is 0 Å². The molecule has 1 saturated heterocycles. The first-order valence-electron chi connectivity index (χ1n) is 8.80. The van der Waals surface area contributed by atoms with Crippen molar-refractivity contribution in [3.05, 3.63) is 57.0 Å². The lowest BCUT2D eigenvalue weighted by molar-refractivity contribution is 0.0730. The highest BCUT2D eigenvalue weighted by atomic mass is 79.9. The molecule has 1 heterocycles. The van der Waals surface area contributed by atoms with Gasteiger partial charge in [0.05, 0.1) is 28.8 Å². The normalized spacial score (nSPS) is 15.4. The van der Waals surface area contributed by atoms with E-state index < -0.39 is 15.9 Å². The fourth-order valence-corrected chi connectivity index (χ4v) is 5.39. The Balaban J connectivity index is 1.92. The summed E-state index contributed by atoms with van der Waals surface area (Å²) >= 11 is 9.47. The monoisotopic (exact) mass is 486 g/mol. The van der Waals surface area contributed by atoms with Gasteiger partial charge in [-0.2, -0.15) is 4.31 Å². The summed E-state index contributed by atoms with van der Waals surface area (Å²) in [6, 6.07) is 9.86. The third-order valence-corrected chi connectivity index (χ3v) is 7.26. The number of sulfonamides is 1. The highest BCUT2D eigenvalue weighted by Crippen LogP contribution is 2.27. The molecule has 0 spiro atoms. The molecule has 0 saturated carbocycles. The molecule has 2 aromatic rings. The Hall–Kier alpha value is -1.45. The van der Waals surface area contributed by atoms with E-state index in [1.54, 1.807) is 30.3 Å². The lowest BCUT2D eigenvalue weighted by Crippen LogP contribution is -2.41. The van der Waals surface area contributed by atoms with Gasteiger partial charge in [0, 0.05) is 23.1 Å². The quantitative estimate of drug-likeness (QED) is 0.693. The largest absolute Gasteiger partial charge is 0.379 e. The molecule has 0 unspecified atom stereocenters. The lowest BCUT2D eigenvalue weighted by Gasteiger charge is -2.27. The third kappa shape index (κ3) is 4.58. The highest BCUT2D eigenvalue weighted by Gasteiger charge is 2.29. The van der Waals surface area contributed by atoms with Gasteiger partial charge in [-0.15, -0.1) is 0 Å². The lowest BCUT2D eigenvalue weighted by atomic mass is 10.1. The van der Waals surface area contributed by atoms with Crippen molar-refractivity contribution >= 4 is 49.1 Å². The predicted octanol–water partition coefficient (Wildman–Crippen LogP) is 3.94. The molecular formula is C19H20BrClN2O4S. The molecular weight excluding hydrogens is 468 g/mol. The minimum absolute atomic E-state index is 0.159. The fraction of sp³-hybridized carbons (Fsp3) is 0.316. The van der Waals surface area contributed by atoms with Crippen LogP contribution < -0.4 is 5.32 Å². The molecule has 0 aromatic heterocycles. The average Bonchev–Trinajstić information content (AvgIpc) is 2.70. The van der Waals surface area contributed by atoms with Crippen molar-refractivity contribution in [3.63, 3.8) is 0 Å². The smallest absolute Gasteiger partial charge is 0.255 e. The van der Waals surface area contributed by atoms with Gasteiger partial charge in [0.1, 0.15) is 0 Å². The molecule has 1 N–H and O–H groups in total. The number of rotatable bonds is 5. The summed E-state index contributed by atoms with van der Waals surface area (Å²) in [7, 11) is -3.71. The number of aryl methyl sites for hydroxylation is 1. The number of amides is 1. The van der Waals surface area contributed by atoms with Crippen LogP contribution in [0.3, 0.4) is 0 Å². The van der Waals surface area contributed by atoms with Crippen LogP contribution in [-0.4, -0.2) is 44.9 Å². The first kappa shape index (κ1) is 21.3. The fourth-order valence-electron chi connectivity index (χ4n) is 2.94. The Morgan fingerprint density at radius 2 is 1.93 bits per heavy atom. The summed E-state index contributed by atoms with van der Waals surface area (Å²) in [6.07, 6.45) is 0.541. The molecule has 0 atom stereocenters. The van der Waals surface area contributed by atoms with Crippen molar-refractivity contribution in [1.29, 1.82) is 0 Å². The number of halogens is 2. The van der Waals surface area contributed by atoms with Crippen molar-refractivity contribution < 1.29 is 17.9 Å². The van der Waals surface area contributed by atoms with Crippen LogP contribution in [0.15, 0.2) is 45.8 Å². The summed E-state index contributed by atoms with van der Waals surface area (Å²) in [5.41, 5.74) is 1.37. The molecule has 0 radical (unpaired) electrons. The topological polar surface area (TPSA) is 75.7 Å². The number of hydrogen-bond acceptors (Lipinski definition) is 4. The summed E-state index contributed by atoms with van der Waals surface area (Å²) in [4.78, 5) is 12.9. The second kappa shape index (κ2) is 8.92. The van der Waals surface area contributed by atoms with Gasteiger partial charge in [-0.25, -0.2) is 8.42 Å². The molecule has 1 aliphatic rings. The van der Waals surface area contributed by atoms with Gasteiger partial charge < -0.3 is 10.1 Å². The number of benzene rings is 2. The SMILES string of the molecule is CCc1ccc(C(=O)Nc2ccc(Br)cc2Cl)cc1S(=O)(=O)N1CCOCC1. The van der Waals surface area contributed by atoms with Crippen LogP contribution in [-0.2, 0) is 21.2 Å². The zero-order valence-electron chi connectivity index (χ0n) is 15.2. The summed E-state index contributed by atoms with van der Waals surface area (Å²) in [5, 5.41) is 3.11. The van der Waals surface area contributed by atoms with E-state index in [4.69, 9.17) is 16.3 Å². The number of anilines is 1. The third-order valence-electron chi connectivity index (χ3n) is 4.48. The van der Waals surface area contributed by atoms with E-state index in [1.165, 1.54) is 10.4 Å². The molecule has 6 nitrogen and oxygen atoms in total. The molecule has 1 fully saturated rings. The molecule has 3 rings (SSSR count). The number of carbonyl (C=O) groups is 1. The second-order valence-corrected chi connectivity index (χ2v) is 9.50. The highest BCUT2D eigenvalue weighted by molar-refractivity contribution is 9.10. The Labute approximate surface area is 178 Å². The van der Waals surface area contributed by atoms with Gasteiger partial charge in [0.2, 0.25) is 10.0 Å². The Bertz CT molecular complexity index is 991. The van der Waals surface area contributed by atoms with Crippen molar-refractivity contribution in [3.8, 4) is 0 Å². The number of carbonyl (C=O) groups excluding carboxylic acids is 1. The zero-order chi connectivity index (χ0) is 20.3. The maximum Gasteiger partial charge on any atom is 0.255 e. The van der Waals surface area contributed by atoms with Crippen LogP contribution >= 0.6 is 27.5 Å². The van der Waals surface area contributed by atoms with Crippen LogP contribution in [0.25, 0.3) is 0 Å². The summed E-state index contributed by atoms with van der Waals surface area (Å²) in [5.74, 6) is -0.426. The number of nitrogens with zero attached hydrogens (tertiary/aromatic N) is 1. The number of hydrogen-bond donors (Lipinski definition) is 1. The van der Waals surface area contributed by atoms with Gasteiger partial charge >= 0.3 is 0 Å². The summed E-state index contributed by atoms with van der Waals surface area (Å²) in [6.45, 7) is 3.22. The predicted molar refractivity (Wildman–Crippen MR) is 113 cm³/mol. The van der Waals surface area contributed by atoms with Crippen molar-refractivity contribution in [2.75, 3.05) is 31.6 Å². The molecule has 28 heavy (non-hydrogen) atoms. The van der Waals surface area contributed by atoms with Gasteiger partial charge in [0.25, 0.3) is 5.91 Å². The maximum atomic E-state index is 13.1. The van der Waals surface area contributed by atoms with Crippen LogP contribution in [0.2, 0.25) is 5.02 Å². The summed E-state index contributed by atoms with van der Waals surface area (Å²) < 4.78 is 33.7. The van der Waals surface area contributed by atoms with Gasteiger partial charge in [-0.3, -0.25) is 4.79 Å². The Morgan fingerprint density at radius 1 is 1.21 bits per heavy atom. The van der Waals surface area contributed by atoms with Gasteiger partial charge in [-0.1, -0.05) is 40.5 Å². The maximum absolute atomic E-state index is 13.1. The molecule has 150 valence electrons. The molecule has 1 amide bonds. The van der Waals surface area contributed by atoms with Crippen LogP contribution in [0.1, 0.15) is 22.8 Å². The van der Waals surface area contributed by atoms with Crippen molar-refractivity contribution in [1.82, 2.24) is 4.31 Å². The van der Waals surface area contributed by atoms with E-state index in [9.17, 15) is 13.2 Å². The van der Waals surface area contributed by atoms with Crippen LogP contribution in [0, 0.1) is 0 Å². The Morgan fingerprint density at radius 3 is 2.57 bits per heavy atom. The first-order valence-corrected chi connectivity index (χ1v) is 11.4. The number of ether oxygens (including phenoxy) is 1. The van der Waals surface area contributed by atoms with Crippen LogP contribution in [0.5, 0.6) is 0 Å². The molecule has 0 bridgehead atoms. The Kier molecular flexibility index (Phi) is 6.77. The average molecular weight is 488 g/mol. The van der Waals surface area contributed by atoms with E-state index in [1.807, 2.05) is 6.92 Å². The molecule has 1 aliphatic heterocycles. The van der Waals surface area contributed by atoms with E-state index in [0.717, 1.165) is 4.47 Å². The molecule has 9 heteroatoms. The minimum Gasteiger partial charge on any atom is -0.379 e. The van der Waals surface area contributed by atoms with Crippen molar-refractivity contribution in [2.45, 2.75) is 18.2 Å². The van der Waals surface area contributed by atoms with E-state index in [-0.39, 0.29) is 10.5 Å². The van der Waals surface area contributed by atoms with E-state index >= 15 is 0 Å². The van der Waals surface area contributed by atoms with E-state index in [2.05, 4.69) is 21.2 Å². The second-order valence-electron chi connectivity index (χ2n) is 6.27. The standard InChI is InChI=1S/C19H20BrClN2O4S/c1-2-13-3-4-14(19(24)22-17-6-5-15(20)12-16(17)21)11-18(13)28(25,26)23-7-9-27-10-8-23/h3-6,11-12H,2,7-10H2,1H3,(H,22,24). The minimum atomic E-state index is -3.71. The van der Waals surface area contributed by atoms with Crippen LogP contribution in [0.4, 0.5) is 5.69 Å². The van der Waals surface area contributed by atoms with Gasteiger partial charge in [0.15, 0.2) is 0 Å². The first-order chi connectivity index (χ1) is 13.3. The zero-order valence-corrected chi connectivity index (χ0v) is 18.4.